The molecule has 5 nitrogen and oxygen atoms in total. The van der Waals surface area contributed by atoms with Crippen molar-refractivity contribution in [3.8, 4) is 11.1 Å². The Labute approximate surface area is 93.7 Å². The second-order valence-electron chi connectivity index (χ2n) is 3.44. The van der Waals surface area contributed by atoms with Crippen LogP contribution in [0.2, 0.25) is 0 Å². The Morgan fingerprint density at radius 2 is 2.12 bits per heavy atom. The van der Waals surface area contributed by atoms with Crippen molar-refractivity contribution in [2.75, 3.05) is 19.5 Å². The fourth-order valence-corrected chi connectivity index (χ4v) is 1.62. The molecule has 0 fully saturated rings. The van der Waals surface area contributed by atoms with Crippen molar-refractivity contribution in [2.24, 2.45) is 0 Å². The Morgan fingerprint density at radius 1 is 1.38 bits per heavy atom. The van der Waals surface area contributed by atoms with E-state index in [0.717, 1.165) is 23.2 Å². The highest BCUT2D eigenvalue weighted by Gasteiger charge is 2.12. The molecule has 5 heteroatoms. The van der Waals surface area contributed by atoms with E-state index in [1.54, 1.807) is 19.5 Å². The van der Waals surface area contributed by atoms with E-state index < -0.39 is 0 Å². The number of nitrogen functional groups attached to an aromatic ring is 1. The van der Waals surface area contributed by atoms with Crippen LogP contribution in [0.3, 0.4) is 0 Å². The SMILES string of the molecule is COCCc1[nH]nc(N)c1-c1ccncc1. The van der Waals surface area contributed by atoms with Crippen LogP contribution in [0.25, 0.3) is 11.1 Å². The Morgan fingerprint density at radius 3 is 2.81 bits per heavy atom. The van der Waals surface area contributed by atoms with Gasteiger partial charge in [-0.3, -0.25) is 10.1 Å². The molecule has 0 saturated carbocycles. The van der Waals surface area contributed by atoms with E-state index >= 15 is 0 Å². The first-order valence-electron chi connectivity index (χ1n) is 5.05. The lowest BCUT2D eigenvalue weighted by molar-refractivity contribution is 0.201. The molecule has 3 N–H and O–H groups in total. The number of nitrogens with zero attached hydrogens (tertiary/aromatic N) is 2. The molecule has 0 atom stereocenters. The number of H-pyrrole nitrogens is 1. The van der Waals surface area contributed by atoms with Gasteiger partial charge in [0, 0.05) is 37.2 Å². The van der Waals surface area contributed by atoms with Gasteiger partial charge in [0.15, 0.2) is 5.82 Å². The van der Waals surface area contributed by atoms with Gasteiger partial charge in [0.05, 0.1) is 6.61 Å². The molecule has 0 radical (unpaired) electrons. The average molecular weight is 218 g/mol. The molecule has 0 aliphatic heterocycles. The minimum atomic E-state index is 0.511. The van der Waals surface area contributed by atoms with Crippen molar-refractivity contribution in [1.82, 2.24) is 15.2 Å². The number of methoxy groups -OCH3 is 1. The molecule has 0 bridgehead atoms. The number of pyridine rings is 1. The smallest absolute Gasteiger partial charge is 0.153 e. The molecule has 0 amide bonds. The van der Waals surface area contributed by atoms with Crippen molar-refractivity contribution in [3.05, 3.63) is 30.2 Å². The fraction of sp³-hybridized carbons (Fsp3) is 0.273. The lowest BCUT2D eigenvalue weighted by atomic mass is 10.1. The van der Waals surface area contributed by atoms with Gasteiger partial charge in [-0.05, 0) is 17.7 Å². The number of ether oxygens (including phenoxy) is 1. The fourth-order valence-electron chi connectivity index (χ4n) is 1.62. The van der Waals surface area contributed by atoms with Crippen molar-refractivity contribution < 1.29 is 4.74 Å². The Kier molecular flexibility index (Phi) is 3.16. The number of nitrogens with one attached hydrogen (secondary N) is 1. The van der Waals surface area contributed by atoms with Crippen LogP contribution in [0.4, 0.5) is 5.82 Å². The number of hydrogen-bond donors (Lipinski definition) is 2. The molecule has 0 unspecified atom stereocenters. The monoisotopic (exact) mass is 218 g/mol. The zero-order valence-corrected chi connectivity index (χ0v) is 9.10. The first-order chi connectivity index (χ1) is 7.83. The van der Waals surface area contributed by atoms with Crippen molar-refractivity contribution in [2.45, 2.75) is 6.42 Å². The second kappa shape index (κ2) is 4.76. The van der Waals surface area contributed by atoms with Crippen LogP contribution in [0.15, 0.2) is 24.5 Å². The van der Waals surface area contributed by atoms with Gasteiger partial charge in [-0.1, -0.05) is 0 Å². The standard InChI is InChI=1S/C11H14N4O/c1-16-7-4-9-10(11(12)15-14-9)8-2-5-13-6-3-8/h2-3,5-6H,4,7H2,1H3,(H3,12,14,15). The third-order valence-electron chi connectivity index (χ3n) is 2.39. The minimum Gasteiger partial charge on any atom is -0.384 e. The summed E-state index contributed by atoms with van der Waals surface area (Å²) in [5, 5.41) is 6.95. The van der Waals surface area contributed by atoms with Gasteiger partial charge in [-0.15, -0.1) is 0 Å². The van der Waals surface area contributed by atoms with Crippen LogP contribution < -0.4 is 5.73 Å². The molecule has 0 spiro atoms. The Bertz CT molecular complexity index is 452. The molecule has 2 aromatic rings. The molecular formula is C11H14N4O. The van der Waals surface area contributed by atoms with Crippen LogP contribution in [0, 0.1) is 0 Å². The summed E-state index contributed by atoms with van der Waals surface area (Å²) in [7, 11) is 1.67. The summed E-state index contributed by atoms with van der Waals surface area (Å²) in [4.78, 5) is 3.98. The van der Waals surface area contributed by atoms with E-state index in [4.69, 9.17) is 10.5 Å². The van der Waals surface area contributed by atoms with E-state index in [1.807, 2.05) is 12.1 Å². The molecule has 16 heavy (non-hydrogen) atoms. The number of hydrogen-bond acceptors (Lipinski definition) is 4. The van der Waals surface area contributed by atoms with Crippen LogP contribution >= 0.6 is 0 Å². The maximum atomic E-state index is 5.84. The number of aromatic amines is 1. The summed E-state index contributed by atoms with van der Waals surface area (Å²) >= 11 is 0. The maximum absolute atomic E-state index is 5.84. The highest BCUT2D eigenvalue weighted by molar-refractivity contribution is 5.75. The van der Waals surface area contributed by atoms with Crippen molar-refractivity contribution >= 4 is 5.82 Å². The Hall–Kier alpha value is -1.88. The highest BCUT2D eigenvalue weighted by Crippen LogP contribution is 2.27. The Balaban J connectivity index is 2.35. The largest absolute Gasteiger partial charge is 0.384 e. The molecule has 84 valence electrons. The molecule has 2 heterocycles. The molecule has 2 aromatic heterocycles. The van der Waals surface area contributed by atoms with Gasteiger partial charge < -0.3 is 10.5 Å². The first-order valence-corrected chi connectivity index (χ1v) is 5.05. The topological polar surface area (TPSA) is 76.8 Å². The van der Waals surface area contributed by atoms with E-state index in [-0.39, 0.29) is 0 Å². The predicted octanol–water partition coefficient (Wildman–Crippen LogP) is 1.24. The second-order valence-corrected chi connectivity index (χ2v) is 3.44. The highest BCUT2D eigenvalue weighted by atomic mass is 16.5. The van der Waals surface area contributed by atoms with E-state index in [9.17, 15) is 0 Å². The normalized spacial score (nSPS) is 10.6. The number of aromatic nitrogens is 3. The molecule has 0 aliphatic rings. The lowest BCUT2D eigenvalue weighted by Crippen LogP contribution is -1.97. The van der Waals surface area contributed by atoms with Crippen LogP contribution in [-0.4, -0.2) is 28.9 Å². The van der Waals surface area contributed by atoms with Crippen LogP contribution in [0.1, 0.15) is 5.69 Å². The van der Waals surface area contributed by atoms with Gasteiger partial charge in [0.25, 0.3) is 0 Å². The van der Waals surface area contributed by atoms with E-state index in [1.165, 1.54) is 0 Å². The van der Waals surface area contributed by atoms with E-state index in [0.29, 0.717) is 12.4 Å². The summed E-state index contributed by atoms with van der Waals surface area (Å²) in [5.41, 5.74) is 8.80. The molecule has 0 aliphatic carbocycles. The lowest BCUT2D eigenvalue weighted by Gasteiger charge is -2.03. The number of rotatable bonds is 4. The van der Waals surface area contributed by atoms with Crippen molar-refractivity contribution in [1.29, 1.82) is 0 Å². The van der Waals surface area contributed by atoms with Gasteiger partial charge in [0.1, 0.15) is 0 Å². The number of anilines is 1. The van der Waals surface area contributed by atoms with Crippen molar-refractivity contribution in [3.63, 3.8) is 0 Å². The summed E-state index contributed by atoms with van der Waals surface area (Å²) in [6, 6.07) is 3.83. The minimum absolute atomic E-state index is 0.511. The quantitative estimate of drug-likeness (QED) is 0.809. The summed E-state index contributed by atoms with van der Waals surface area (Å²) in [6.45, 7) is 0.639. The maximum Gasteiger partial charge on any atom is 0.153 e. The van der Waals surface area contributed by atoms with Gasteiger partial charge in [-0.25, -0.2) is 0 Å². The molecule has 0 aromatic carbocycles. The molecule has 2 rings (SSSR count). The third-order valence-corrected chi connectivity index (χ3v) is 2.39. The van der Waals surface area contributed by atoms with Gasteiger partial charge >= 0.3 is 0 Å². The van der Waals surface area contributed by atoms with Crippen LogP contribution in [0.5, 0.6) is 0 Å². The number of nitrogens with two attached hydrogens (primary N) is 1. The van der Waals surface area contributed by atoms with Gasteiger partial charge in [0.2, 0.25) is 0 Å². The summed E-state index contributed by atoms with van der Waals surface area (Å²) in [6.07, 6.45) is 4.24. The van der Waals surface area contributed by atoms with Gasteiger partial charge in [-0.2, -0.15) is 5.10 Å². The first kappa shape index (κ1) is 10.6. The molecule has 0 saturated heterocycles. The predicted molar refractivity (Wildman–Crippen MR) is 61.8 cm³/mol. The summed E-state index contributed by atoms with van der Waals surface area (Å²) < 4.78 is 5.04. The average Bonchev–Trinajstić information content (AvgIpc) is 2.69. The third kappa shape index (κ3) is 2.04. The zero-order chi connectivity index (χ0) is 11.4. The summed E-state index contributed by atoms with van der Waals surface area (Å²) in [5.74, 6) is 0.511. The zero-order valence-electron chi connectivity index (χ0n) is 9.10. The molecular weight excluding hydrogens is 204 g/mol. The van der Waals surface area contributed by atoms with E-state index in [2.05, 4.69) is 15.2 Å². The van der Waals surface area contributed by atoms with Crippen LogP contribution in [-0.2, 0) is 11.2 Å².